The second-order valence-corrected chi connectivity index (χ2v) is 4.11. The van der Waals surface area contributed by atoms with E-state index in [1.54, 1.807) is 24.3 Å². The van der Waals surface area contributed by atoms with Gasteiger partial charge in [0.15, 0.2) is 0 Å². The van der Waals surface area contributed by atoms with Crippen LogP contribution >= 0.6 is 12.4 Å². The first-order valence-corrected chi connectivity index (χ1v) is 5.78. The number of hydrogen-bond acceptors (Lipinski definition) is 5. The molecule has 1 saturated heterocycles. The van der Waals surface area contributed by atoms with Crippen LogP contribution in [0.15, 0.2) is 30.3 Å². The maximum absolute atomic E-state index is 11.8. The molecule has 5 nitrogen and oxygen atoms in total. The lowest BCUT2D eigenvalue weighted by atomic mass is 10.2. The van der Waals surface area contributed by atoms with Crippen molar-refractivity contribution >= 4 is 24.3 Å². The zero-order valence-electron chi connectivity index (χ0n) is 10.5. The Kier molecular flexibility index (Phi) is 5.79. The van der Waals surface area contributed by atoms with E-state index >= 15 is 0 Å². The first kappa shape index (κ1) is 15.5. The van der Waals surface area contributed by atoms with Gasteiger partial charge in [-0.1, -0.05) is 18.2 Å². The van der Waals surface area contributed by atoms with E-state index in [1.165, 1.54) is 7.11 Å². The van der Waals surface area contributed by atoms with E-state index in [2.05, 4.69) is 10.1 Å². The lowest BCUT2D eigenvalue weighted by Crippen LogP contribution is -2.31. The molecular formula is C13H16ClNO4. The fraction of sp³-hybridized carbons (Fsp3) is 0.385. The first-order valence-electron chi connectivity index (χ1n) is 5.78. The van der Waals surface area contributed by atoms with Gasteiger partial charge in [0.25, 0.3) is 0 Å². The van der Waals surface area contributed by atoms with Gasteiger partial charge in [-0.05, 0) is 12.1 Å². The van der Waals surface area contributed by atoms with Gasteiger partial charge < -0.3 is 14.8 Å². The Balaban J connectivity index is 0.00000180. The molecule has 19 heavy (non-hydrogen) atoms. The summed E-state index contributed by atoms with van der Waals surface area (Å²) in [6.45, 7) is 0.471. The molecule has 1 heterocycles. The highest BCUT2D eigenvalue weighted by molar-refractivity contribution is 5.89. The Morgan fingerprint density at radius 1 is 1.26 bits per heavy atom. The molecule has 1 N–H and O–H groups in total. The quantitative estimate of drug-likeness (QED) is 0.845. The molecule has 2 atom stereocenters. The smallest absolute Gasteiger partial charge is 0.338 e. The molecule has 6 heteroatoms. The average Bonchev–Trinajstić information content (AvgIpc) is 2.87. The maximum Gasteiger partial charge on any atom is 0.338 e. The van der Waals surface area contributed by atoms with Crippen LogP contribution in [0, 0.1) is 0 Å². The third-order valence-electron chi connectivity index (χ3n) is 2.86. The van der Waals surface area contributed by atoms with Crippen molar-refractivity contribution in [2.24, 2.45) is 0 Å². The fourth-order valence-electron chi connectivity index (χ4n) is 1.91. The Hall–Kier alpha value is -1.59. The average molecular weight is 286 g/mol. The summed E-state index contributed by atoms with van der Waals surface area (Å²) in [5, 5.41) is 2.96. The molecule has 0 radical (unpaired) electrons. The maximum atomic E-state index is 11.8. The van der Waals surface area contributed by atoms with Crippen molar-refractivity contribution in [1.82, 2.24) is 5.32 Å². The van der Waals surface area contributed by atoms with E-state index in [4.69, 9.17) is 4.74 Å². The van der Waals surface area contributed by atoms with Gasteiger partial charge in [0.1, 0.15) is 12.1 Å². The number of rotatable bonds is 3. The Morgan fingerprint density at radius 3 is 2.58 bits per heavy atom. The van der Waals surface area contributed by atoms with Crippen LogP contribution in [0.2, 0.25) is 0 Å². The van der Waals surface area contributed by atoms with Crippen LogP contribution in [-0.4, -0.2) is 37.7 Å². The van der Waals surface area contributed by atoms with Crippen molar-refractivity contribution in [3.05, 3.63) is 35.9 Å². The molecule has 0 bridgehead atoms. The molecule has 2 unspecified atom stereocenters. The predicted octanol–water partition coefficient (Wildman–Crippen LogP) is 1.17. The van der Waals surface area contributed by atoms with Crippen molar-refractivity contribution in [2.75, 3.05) is 13.7 Å². The van der Waals surface area contributed by atoms with Gasteiger partial charge in [0.2, 0.25) is 0 Å². The topological polar surface area (TPSA) is 64.6 Å². The van der Waals surface area contributed by atoms with Gasteiger partial charge in [0, 0.05) is 13.0 Å². The SMILES string of the molecule is COC(=O)C1CC(OC(=O)c2ccccc2)CN1.Cl. The normalized spacial score (nSPS) is 21.3. The minimum absolute atomic E-state index is 0. The molecule has 104 valence electrons. The summed E-state index contributed by atoms with van der Waals surface area (Å²) >= 11 is 0. The van der Waals surface area contributed by atoms with E-state index in [-0.39, 0.29) is 36.5 Å². The zero-order valence-corrected chi connectivity index (χ0v) is 11.3. The van der Waals surface area contributed by atoms with Crippen molar-refractivity contribution in [3.8, 4) is 0 Å². The Morgan fingerprint density at radius 2 is 1.95 bits per heavy atom. The second kappa shape index (κ2) is 7.11. The summed E-state index contributed by atoms with van der Waals surface area (Å²) in [6, 6.07) is 8.40. The van der Waals surface area contributed by atoms with Crippen molar-refractivity contribution in [3.63, 3.8) is 0 Å². The van der Waals surface area contributed by atoms with Gasteiger partial charge in [-0.2, -0.15) is 0 Å². The van der Waals surface area contributed by atoms with Crippen molar-refractivity contribution in [1.29, 1.82) is 0 Å². The number of methoxy groups -OCH3 is 1. The number of carbonyl (C=O) groups is 2. The van der Waals surface area contributed by atoms with Gasteiger partial charge >= 0.3 is 11.9 Å². The highest BCUT2D eigenvalue weighted by Crippen LogP contribution is 2.14. The Labute approximate surface area is 117 Å². The van der Waals surface area contributed by atoms with Crippen molar-refractivity contribution in [2.45, 2.75) is 18.6 Å². The van der Waals surface area contributed by atoms with Crippen LogP contribution in [0.5, 0.6) is 0 Å². The summed E-state index contributed by atoms with van der Waals surface area (Å²) in [5.74, 6) is -0.693. The van der Waals surface area contributed by atoms with Gasteiger partial charge in [0.05, 0.1) is 12.7 Å². The minimum Gasteiger partial charge on any atom is -0.468 e. The number of halogens is 1. The number of esters is 2. The lowest BCUT2D eigenvalue weighted by Gasteiger charge is -2.11. The number of nitrogens with one attached hydrogen (secondary N) is 1. The molecule has 0 aliphatic carbocycles. The number of ether oxygens (including phenoxy) is 2. The summed E-state index contributed by atoms with van der Waals surface area (Å²) in [6.07, 6.45) is 0.160. The van der Waals surface area contributed by atoms with Crippen LogP contribution in [0.3, 0.4) is 0 Å². The van der Waals surface area contributed by atoms with Crippen LogP contribution in [0.4, 0.5) is 0 Å². The molecule has 0 saturated carbocycles. The minimum atomic E-state index is -0.386. The van der Waals surface area contributed by atoms with E-state index < -0.39 is 0 Å². The molecule has 0 aromatic heterocycles. The molecule has 1 aromatic carbocycles. The second-order valence-electron chi connectivity index (χ2n) is 4.11. The summed E-state index contributed by atoms with van der Waals surface area (Å²) in [4.78, 5) is 23.1. The molecular weight excluding hydrogens is 270 g/mol. The van der Waals surface area contributed by atoms with E-state index in [9.17, 15) is 9.59 Å². The molecule has 1 aliphatic rings. The first-order chi connectivity index (χ1) is 8.70. The summed E-state index contributed by atoms with van der Waals surface area (Å²) in [7, 11) is 1.34. The zero-order chi connectivity index (χ0) is 13.0. The molecule has 2 rings (SSSR count). The standard InChI is InChI=1S/C13H15NO4.ClH/c1-17-13(16)11-7-10(8-14-11)18-12(15)9-5-3-2-4-6-9;/h2-6,10-11,14H,7-8H2,1H3;1H. The number of carbonyl (C=O) groups excluding carboxylic acids is 2. The molecule has 1 aromatic rings. The monoisotopic (exact) mass is 285 g/mol. The molecule has 0 spiro atoms. The predicted molar refractivity (Wildman–Crippen MR) is 71.3 cm³/mol. The van der Waals surface area contributed by atoms with Crippen LogP contribution in [0.1, 0.15) is 16.8 Å². The number of benzene rings is 1. The molecule has 0 amide bonds. The van der Waals surface area contributed by atoms with E-state index in [0.29, 0.717) is 18.5 Å². The highest BCUT2D eigenvalue weighted by atomic mass is 35.5. The van der Waals surface area contributed by atoms with Crippen LogP contribution in [-0.2, 0) is 14.3 Å². The van der Waals surface area contributed by atoms with Gasteiger partial charge in [-0.25, -0.2) is 4.79 Å². The van der Waals surface area contributed by atoms with Crippen molar-refractivity contribution < 1.29 is 19.1 Å². The Bertz CT molecular complexity index is 438. The van der Waals surface area contributed by atoms with Gasteiger partial charge in [-0.15, -0.1) is 12.4 Å². The van der Waals surface area contributed by atoms with Crippen LogP contribution in [0.25, 0.3) is 0 Å². The summed E-state index contributed by atoms with van der Waals surface area (Å²) in [5.41, 5.74) is 0.513. The molecule has 1 aliphatic heterocycles. The third-order valence-corrected chi connectivity index (χ3v) is 2.86. The lowest BCUT2D eigenvalue weighted by molar-refractivity contribution is -0.142. The van der Waals surface area contributed by atoms with E-state index in [0.717, 1.165) is 0 Å². The number of hydrogen-bond donors (Lipinski definition) is 1. The highest BCUT2D eigenvalue weighted by Gasteiger charge is 2.32. The summed E-state index contributed by atoms with van der Waals surface area (Å²) < 4.78 is 9.94. The fourth-order valence-corrected chi connectivity index (χ4v) is 1.91. The van der Waals surface area contributed by atoms with E-state index in [1.807, 2.05) is 6.07 Å². The molecule has 1 fully saturated rings. The van der Waals surface area contributed by atoms with Gasteiger partial charge in [-0.3, -0.25) is 4.79 Å². The third kappa shape index (κ3) is 3.94. The van der Waals surface area contributed by atoms with Crippen LogP contribution < -0.4 is 5.32 Å². The largest absolute Gasteiger partial charge is 0.468 e.